The molecule has 1 aromatic carbocycles. The first-order valence-electron chi connectivity index (χ1n) is 7.92. The summed E-state index contributed by atoms with van der Waals surface area (Å²) < 4.78 is 1.20. The smallest absolute Gasteiger partial charge is 0.0378 e. The van der Waals surface area contributed by atoms with E-state index in [1.54, 1.807) is 0 Å². The molecule has 3 rings (SSSR count). The molecule has 1 atom stereocenters. The Morgan fingerprint density at radius 3 is 2.80 bits per heavy atom. The first-order valence-corrected chi connectivity index (χ1v) is 8.72. The van der Waals surface area contributed by atoms with Crippen LogP contribution in [0.3, 0.4) is 0 Å². The third-order valence-corrected chi connectivity index (χ3v) is 5.48. The van der Waals surface area contributed by atoms with Crippen LogP contribution in [0.5, 0.6) is 0 Å². The fraction of sp³-hybridized carbons (Fsp3) is 0.647. The molecule has 0 spiro atoms. The highest BCUT2D eigenvalue weighted by molar-refractivity contribution is 9.10. The van der Waals surface area contributed by atoms with Gasteiger partial charge in [0.05, 0.1) is 0 Å². The maximum absolute atomic E-state index is 6.27. The van der Waals surface area contributed by atoms with Crippen molar-refractivity contribution >= 4 is 15.9 Å². The number of hydrogen-bond donors (Lipinski definition) is 1. The zero-order valence-corrected chi connectivity index (χ0v) is 14.0. The van der Waals surface area contributed by atoms with E-state index in [1.165, 1.54) is 54.2 Å². The van der Waals surface area contributed by atoms with Crippen LogP contribution < -0.4 is 5.73 Å². The number of halogens is 1. The van der Waals surface area contributed by atoms with E-state index >= 15 is 0 Å². The van der Waals surface area contributed by atoms with Crippen molar-refractivity contribution in [3.63, 3.8) is 0 Å². The number of benzene rings is 1. The third kappa shape index (κ3) is 2.68. The maximum atomic E-state index is 6.27. The molecule has 1 unspecified atom stereocenters. The molecule has 0 amide bonds. The van der Waals surface area contributed by atoms with Crippen molar-refractivity contribution in [1.29, 1.82) is 0 Å². The molecule has 0 aliphatic heterocycles. The predicted octanol–water partition coefficient (Wildman–Crippen LogP) is 3.51. The van der Waals surface area contributed by atoms with Gasteiger partial charge in [-0.1, -0.05) is 28.9 Å². The van der Waals surface area contributed by atoms with Crippen LogP contribution >= 0.6 is 15.9 Å². The summed E-state index contributed by atoms with van der Waals surface area (Å²) in [7, 11) is 0. The van der Waals surface area contributed by atoms with Gasteiger partial charge in [0, 0.05) is 22.6 Å². The summed E-state index contributed by atoms with van der Waals surface area (Å²) in [5.74, 6) is 0. The fourth-order valence-corrected chi connectivity index (χ4v) is 4.19. The molecule has 3 heteroatoms. The largest absolute Gasteiger partial charge is 0.329 e. The van der Waals surface area contributed by atoms with Crippen molar-refractivity contribution in [3.05, 3.63) is 33.8 Å². The molecule has 1 aromatic rings. The van der Waals surface area contributed by atoms with E-state index in [1.807, 2.05) is 0 Å². The van der Waals surface area contributed by atoms with Gasteiger partial charge in [-0.15, -0.1) is 0 Å². The van der Waals surface area contributed by atoms with Gasteiger partial charge in [-0.25, -0.2) is 0 Å². The van der Waals surface area contributed by atoms with Crippen LogP contribution in [-0.4, -0.2) is 29.6 Å². The van der Waals surface area contributed by atoms with Gasteiger partial charge in [0.25, 0.3) is 0 Å². The fourth-order valence-electron chi connectivity index (χ4n) is 3.78. The van der Waals surface area contributed by atoms with E-state index in [0.29, 0.717) is 0 Å². The normalized spacial score (nSPS) is 25.8. The molecule has 2 N–H and O–H groups in total. The minimum Gasteiger partial charge on any atom is -0.329 e. The van der Waals surface area contributed by atoms with Gasteiger partial charge in [0.15, 0.2) is 0 Å². The molecule has 2 aliphatic carbocycles. The summed E-state index contributed by atoms with van der Waals surface area (Å²) in [6.45, 7) is 4.28. The molecule has 1 fully saturated rings. The average molecular weight is 337 g/mol. The number of nitrogens with zero attached hydrogens (tertiary/aromatic N) is 1. The lowest BCUT2D eigenvalue weighted by molar-refractivity contribution is 0.0704. The van der Waals surface area contributed by atoms with E-state index in [4.69, 9.17) is 5.73 Å². The van der Waals surface area contributed by atoms with Crippen molar-refractivity contribution in [2.24, 2.45) is 5.73 Å². The molecule has 1 saturated carbocycles. The highest BCUT2D eigenvalue weighted by Gasteiger charge is 2.44. The summed E-state index contributed by atoms with van der Waals surface area (Å²) in [6, 6.07) is 7.56. The zero-order chi connectivity index (χ0) is 14.2. The molecule has 0 heterocycles. The molecule has 0 aromatic heterocycles. The molecular formula is C17H25BrN2. The Morgan fingerprint density at radius 1 is 1.35 bits per heavy atom. The summed E-state index contributed by atoms with van der Waals surface area (Å²) in [5, 5.41) is 0. The number of rotatable bonds is 5. The molecule has 2 nitrogen and oxygen atoms in total. The van der Waals surface area contributed by atoms with E-state index in [2.05, 4.69) is 46.0 Å². The number of fused-ring (bicyclic) bond motifs is 1. The van der Waals surface area contributed by atoms with E-state index in [9.17, 15) is 0 Å². The standard InChI is InChI=1S/C17H25BrN2/c1-2-9-20(16-5-6-16)17(12-19)8-7-13-10-15(18)4-3-14(13)11-17/h3-4,10,16H,2,5-9,11-12,19H2,1H3. The van der Waals surface area contributed by atoms with Crippen LogP contribution in [0.1, 0.15) is 43.7 Å². The van der Waals surface area contributed by atoms with Crippen LogP contribution in [0, 0.1) is 0 Å². The Bertz CT molecular complexity index is 484. The molecule has 110 valence electrons. The van der Waals surface area contributed by atoms with Gasteiger partial charge in [0.2, 0.25) is 0 Å². The van der Waals surface area contributed by atoms with Gasteiger partial charge < -0.3 is 5.73 Å². The number of hydrogen-bond acceptors (Lipinski definition) is 2. The number of aryl methyl sites for hydroxylation is 1. The van der Waals surface area contributed by atoms with Crippen LogP contribution in [0.4, 0.5) is 0 Å². The molecule has 0 bridgehead atoms. The van der Waals surface area contributed by atoms with Crippen LogP contribution in [0.2, 0.25) is 0 Å². The Morgan fingerprint density at radius 2 is 2.15 bits per heavy atom. The topological polar surface area (TPSA) is 29.3 Å². The second-order valence-corrected chi connectivity index (χ2v) is 7.36. The van der Waals surface area contributed by atoms with Crippen LogP contribution in [0.25, 0.3) is 0 Å². The lowest BCUT2D eigenvalue weighted by Crippen LogP contribution is -2.58. The van der Waals surface area contributed by atoms with Gasteiger partial charge in [-0.05, 0) is 68.3 Å². The molecule has 0 radical (unpaired) electrons. The van der Waals surface area contributed by atoms with Crippen molar-refractivity contribution in [3.8, 4) is 0 Å². The highest BCUT2D eigenvalue weighted by atomic mass is 79.9. The van der Waals surface area contributed by atoms with Crippen molar-refractivity contribution in [2.45, 2.75) is 57.0 Å². The second-order valence-electron chi connectivity index (χ2n) is 6.44. The molecule has 2 aliphatic rings. The van der Waals surface area contributed by atoms with Crippen molar-refractivity contribution < 1.29 is 0 Å². The first-order chi connectivity index (χ1) is 9.68. The van der Waals surface area contributed by atoms with Gasteiger partial charge >= 0.3 is 0 Å². The minimum atomic E-state index is 0.206. The van der Waals surface area contributed by atoms with Crippen molar-refractivity contribution in [1.82, 2.24) is 4.90 Å². The highest BCUT2D eigenvalue weighted by Crippen LogP contribution is 2.40. The summed E-state index contributed by atoms with van der Waals surface area (Å²) in [6.07, 6.45) is 7.47. The molecule has 0 saturated heterocycles. The molecular weight excluding hydrogens is 312 g/mol. The Kier molecular flexibility index (Phi) is 4.21. The predicted molar refractivity (Wildman–Crippen MR) is 88.0 cm³/mol. The van der Waals surface area contributed by atoms with E-state index in [-0.39, 0.29) is 5.54 Å². The summed E-state index contributed by atoms with van der Waals surface area (Å²) in [5.41, 5.74) is 9.49. The van der Waals surface area contributed by atoms with Gasteiger partial charge in [-0.2, -0.15) is 0 Å². The van der Waals surface area contributed by atoms with Crippen LogP contribution in [-0.2, 0) is 12.8 Å². The number of nitrogens with two attached hydrogens (primary N) is 1. The Hall–Kier alpha value is -0.380. The van der Waals surface area contributed by atoms with Crippen LogP contribution in [0.15, 0.2) is 22.7 Å². The monoisotopic (exact) mass is 336 g/mol. The Balaban J connectivity index is 1.88. The lowest BCUT2D eigenvalue weighted by Gasteiger charge is -2.47. The van der Waals surface area contributed by atoms with E-state index in [0.717, 1.165) is 19.0 Å². The van der Waals surface area contributed by atoms with Gasteiger partial charge in [-0.3, -0.25) is 4.90 Å². The average Bonchev–Trinajstić information content (AvgIpc) is 3.29. The van der Waals surface area contributed by atoms with Crippen molar-refractivity contribution in [2.75, 3.05) is 13.1 Å². The Labute approximate surface area is 130 Å². The zero-order valence-electron chi connectivity index (χ0n) is 12.4. The van der Waals surface area contributed by atoms with Gasteiger partial charge in [0.1, 0.15) is 0 Å². The third-order valence-electron chi connectivity index (χ3n) is 4.99. The molecule has 20 heavy (non-hydrogen) atoms. The minimum absolute atomic E-state index is 0.206. The second kappa shape index (κ2) is 5.78. The lowest BCUT2D eigenvalue weighted by atomic mass is 9.76. The van der Waals surface area contributed by atoms with E-state index < -0.39 is 0 Å². The quantitative estimate of drug-likeness (QED) is 0.891. The summed E-state index contributed by atoms with van der Waals surface area (Å²) >= 11 is 3.59. The maximum Gasteiger partial charge on any atom is 0.0378 e. The SMILES string of the molecule is CCCN(C1CC1)C1(CN)CCc2cc(Br)ccc2C1. The first kappa shape index (κ1) is 14.6. The summed E-state index contributed by atoms with van der Waals surface area (Å²) in [4.78, 5) is 2.75.